The number of hydrogen-bond acceptors (Lipinski definition) is 5. The molecule has 0 radical (unpaired) electrons. The van der Waals surface area contributed by atoms with Crippen molar-refractivity contribution in [2.45, 2.75) is 38.0 Å². The molecule has 2 atom stereocenters. The van der Waals surface area contributed by atoms with Crippen LogP contribution in [0.15, 0.2) is 30.6 Å². The lowest BCUT2D eigenvalue weighted by Crippen LogP contribution is -2.32. The molecule has 0 unspecified atom stereocenters. The molecule has 30 heavy (non-hydrogen) atoms. The molecule has 1 saturated heterocycles. The van der Waals surface area contributed by atoms with Crippen LogP contribution in [0.3, 0.4) is 0 Å². The van der Waals surface area contributed by atoms with Gasteiger partial charge in [-0.3, -0.25) is 9.88 Å². The Morgan fingerprint density at radius 2 is 1.60 bits per heavy atom. The number of nitrogens with zero attached hydrogens (tertiary/aromatic N) is 3. The predicted octanol–water partition coefficient (Wildman–Crippen LogP) is 4.60. The molecule has 0 N–H and O–H groups in total. The Kier molecular flexibility index (Phi) is 5.52. The van der Waals surface area contributed by atoms with Crippen molar-refractivity contribution >= 4 is 6.09 Å². The lowest BCUT2D eigenvalue weighted by Gasteiger charge is -2.22. The van der Waals surface area contributed by atoms with Gasteiger partial charge in [-0.05, 0) is 30.7 Å². The van der Waals surface area contributed by atoms with Gasteiger partial charge in [0.05, 0.1) is 30.8 Å². The van der Waals surface area contributed by atoms with Gasteiger partial charge in [0.1, 0.15) is 11.8 Å². The number of hydrogen-bond donors (Lipinski definition) is 0. The molecular formula is C18H15F6N3O3. The van der Waals surface area contributed by atoms with Crippen LogP contribution in [0.5, 0.6) is 5.88 Å². The quantitative estimate of drug-likeness (QED) is 0.657. The molecule has 1 aliphatic rings. The highest BCUT2D eigenvalue weighted by Gasteiger charge is 2.43. The molecule has 3 rings (SSSR count). The zero-order chi connectivity index (χ0) is 22.3. The number of rotatable bonds is 4. The Labute approximate surface area is 166 Å². The Bertz CT molecular complexity index is 915. The normalized spacial score (nSPS) is 19.7. The third-order valence-electron chi connectivity index (χ3n) is 4.58. The molecule has 1 aromatic heterocycles. The molecule has 1 aliphatic heterocycles. The largest absolute Gasteiger partial charge is 0.480 e. The monoisotopic (exact) mass is 435 g/mol. The first kappa shape index (κ1) is 21.7. The Hall–Kier alpha value is -3.05. The number of carbonyl (C=O) groups excluding carboxylic acids is 1. The molecule has 2 aromatic rings. The van der Waals surface area contributed by atoms with E-state index >= 15 is 0 Å². The second-order valence-corrected chi connectivity index (χ2v) is 6.52. The topological polar surface area (TPSA) is 64.6 Å². The molecule has 162 valence electrons. The fourth-order valence-corrected chi connectivity index (χ4v) is 3.10. The molecule has 0 aliphatic carbocycles. The summed E-state index contributed by atoms with van der Waals surface area (Å²) in [5.74, 6) is 0.124. The van der Waals surface area contributed by atoms with Crippen LogP contribution in [0.25, 0.3) is 0 Å². The van der Waals surface area contributed by atoms with Crippen molar-refractivity contribution in [1.82, 2.24) is 14.9 Å². The zero-order valence-electron chi connectivity index (χ0n) is 15.6. The number of amides is 1. The Balaban J connectivity index is 1.96. The maximum Gasteiger partial charge on any atom is 0.416 e. The minimum atomic E-state index is -5.01. The van der Waals surface area contributed by atoms with E-state index < -0.39 is 47.3 Å². The van der Waals surface area contributed by atoms with E-state index in [1.54, 1.807) is 0 Å². The molecule has 0 saturated carbocycles. The average Bonchev–Trinajstić information content (AvgIpc) is 2.95. The van der Waals surface area contributed by atoms with Crippen LogP contribution in [-0.4, -0.2) is 34.1 Å². The number of aromatic nitrogens is 2. The fraction of sp³-hybridized carbons (Fsp3) is 0.389. The van der Waals surface area contributed by atoms with Gasteiger partial charge in [0.25, 0.3) is 0 Å². The van der Waals surface area contributed by atoms with Crippen LogP contribution >= 0.6 is 0 Å². The number of alkyl halides is 6. The van der Waals surface area contributed by atoms with Gasteiger partial charge in [-0.25, -0.2) is 9.78 Å². The summed E-state index contributed by atoms with van der Waals surface area (Å²) < 4.78 is 88.9. The lowest BCUT2D eigenvalue weighted by molar-refractivity contribution is -0.143. The molecule has 6 nitrogen and oxygen atoms in total. The van der Waals surface area contributed by atoms with E-state index in [0.717, 1.165) is 4.90 Å². The molecular weight excluding hydrogens is 420 g/mol. The molecule has 0 spiro atoms. The third kappa shape index (κ3) is 4.26. The van der Waals surface area contributed by atoms with Gasteiger partial charge >= 0.3 is 18.4 Å². The van der Waals surface area contributed by atoms with Gasteiger partial charge in [-0.1, -0.05) is 0 Å². The van der Waals surface area contributed by atoms with Crippen molar-refractivity contribution in [1.29, 1.82) is 0 Å². The van der Waals surface area contributed by atoms with Crippen LogP contribution in [0.1, 0.15) is 35.4 Å². The second-order valence-electron chi connectivity index (χ2n) is 6.52. The van der Waals surface area contributed by atoms with Crippen molar-refractivity contribution in [3.8, 4) is 5.88 Å². The van der Waals surface area contributed by atoms with Crippen molar-refractivity contribution in [2.75, 3.05) is 7.11 Å². The summed E-state index contributed by atoms with van der Waals surface area (Å²) in [5, 5.41) is 0. The van der Waals surface area contributed by atoms with Crippen molar-refractivity contribution < 1.29 is 40.6 Å². The van der Waals surface area contributed by atoms with Gasteiger partial charge in [0.2, 0.25) is 5.88 Å². The van der Waals surface area contributed by atoms with Crippen LogP contribution < -0.4 is 4.74 Å². The van der Waals surface area contributed by atoms with E-state index in [1.807, 2.05) is 0 Å². The summed E-state index contributed by atoms with van der Waals surface area (Å²) in [5.41, 5.74) is -3.12. The Morgan fingerprint density at radius 3 is 2.13 bits per heavy atom. The lowest BCUT2D eigenvalue weighted by atomic mass is 9.97. The SMILES string of the molecule is COc1nccnc1CN1C(=O)O[C@H](c2cc(C(F)(F)F)cc(C(F)(F)F)c2)[C@@H]1C. The molecule has 12 heteroatoms. The van der Waals surface area contributed by atoms with E-state index in [-0.39, 0.29) is 24.2 Å². The van der Waals surface area contributed by atoms with E-state index in [1.165, 1.54) is 26.4 Å². The standard InChI is InChI=1S/C18H15F6N3O3/c1-9-14(10-5-11(17(19,20)21)7-12(6-10)18(22,23)24)30-16(28)27(9)8-13-15(29-2)26-4-3-25-13/h3-7,9,14H,8H2,1-2H3/t9-,14-/m0/s1. The molecule has 1 fully saturated rings. The van der Waals surface area contributed by atoms with Gasteiger partial charge in [0, 0.05) is 12.4 Å². The first-order chi connectivity index (χ1) is 13.9. The van der Waals surface area contributed by atoms with E-state index in [4.69, 9.17) is 9.47 Å². The van der Waals surface area contributed by atoms with Gasteiger partial charge in [-0.2, -0.15) is 26.3 Å². The summed E-state index contributed by atoms with van der Waals surface area (Å²) in [6.45, 7) is 1.30. The fourth-order valence-electron chi connectivity index (χ4n) is 3.10. The molecule has 1 amide bonds. The van der Waals surface area contributed by atoms with Crippen molar-refractivity contribution in [3.05, 3.63) is 53.0 Å². The van der Waals surface area contributed by atoms with Crippen LogP contribution in [-0.2, 0) is 23.6 Å². The number of halogens is 6. The van der Waals surface area contributed by atoms with E-state index in [0.29, 0.717) is 12.1 Å². The second kappa shape index (κ2) is 7.65. The summed E-state index contributed by atoms with van der Waals surface area (Å²) in [4.78, 5) is 21.4. The van der Waals surface area contributed by atoms with Crippen molar-refractivity contribution in [2.24, 2.45) is 0 Å². The van der Waals surface area contributed by atoms with Crippen LogP contribution in [0.2, 0.25) is 0 Å². The van der Waals surface area contributed by atoms with Crippen LogP contribution in [0, 0.1) is 0 Å². The summed E-state index contributed by atoms with van der Waals surface area (Å²) in [7, 11) is 1.34. The predicted molar refractivity (Wildman–Crippen MR) is 89.3 cm³/mol. The Morgan fingerprint density at radius 1 is 1.03 bits per heavy atom. The molecule has 1 aromatic carbocycles. The van der Waals surface area contributed by atoms with Crippen molar-refractivity contribution in [3.63, 3.8) is 0 Å². The maximum atomic E-state index is 13.1. The van der Waals surface area contributed by atoms with E-state index in [9.17, 15) is 31.1 Å². The number of ether oxygens (including phenoxy) is 2. The number of carbonyl (C=O) groups is 1. The number of benzene rings is 1. The maximum absolute atomic E-state index is 13.1. The molecule has 0 bridgehead atoms. The van der Waals surface area contributed by atoms with Gasteiger partial charge in [-0.15, -0.1) is 0 Å². The minimum absolute atomic E-state index is 0.0210. The third-order valence-corrected chi connectivity index (χ3v) is 4.58. The zero-order valence-corrected chi connectivity index (χ0v) is 15.6. The highest BCUT2D eigenvalue weighted by Crippen LogP contribution is 2.41. The smallest absolute Gasteiger partial charge is 0.416 e. The summed E-state index contributed by atoms with van der Waals surface area (Å²) >= 11 is 0. The first-order valence-corrected chi connectivity index (χ1v) is 8.52. The number of cyclic esters (lactones) is 1. The highest BCUT2D eigenvalue weighted by molar-refractivity contribution is 5.71. The van der Waals surface area contributed by atoms with E-state index in [2.05, 4.69) is 9.97 Å². The van der Waals surface area contributed by atoms with Gasteiger partial charge < -0.3 is 9.47 Å². The highest BCUT2D eigenvalue weighted by atomic mass is 19.4. The first-order valence-electron chi connectivity index (χ1n) is 8.52. The number of methoxy groups -OCH3 is 1. The van der Waals surface area contributed by atoms with Gasteiger partial charge in [0.15, 0.2) is 0 Å². The minimum Gasteiger partial charge on any atom is -0.480 e. The van der Waals surface area contributed by atoms with Crippen LogP contribution in [0.4, 0.5) is 31.1 Å². The summed E-state index contributed by atoms with van der Waals surface area (Å²) in [6.07, 6.45) is -9.56. The molecule has 2 heterocycles. The summed E-state index contributed by atoms with van der Waals surface area (Å²) in [6, 6.07) is 0.244. The average molecular weight is 435 g/mol.